The minimum Gasteiger partial charge on any atom is -0.359 e. The van der Waals surface area contributed by atoms with Crippen LogP contribution < -0.4 is 10.6 Å². The summed E-state index contributed by atoms with van der Waals surface area (Å²) < 4.78 is 6.40. The molecule has 4 aliphatic rings. The first-order valence-electron chi connectivity index (χ1n) is 13.1. The average molecular weight is 549 g/mol. The first-order chi connectivity index (χ1) is 17.7. The summed E-state index contributed by atoms with van der Waals surface area (Å²) in [6.07, 6.45) is 9.05. The SMILES string of the molecule is CN(C)CCCN1C(=O)C2C(C(=O)Nc3ccc(Cl)c(Cl)c3)C3C=CC2(O3)C1C(=O)NC1CCCCC1. The number of carbonyl (C=O) groups is 3. The number of nitrogens with zero attached hydrogens (tertiary/aromatic N) is 2. The van der Waals surface area contributed by atoms with Crippen molar-refractivity contribution in [2.24, 2.45) is 11.8 Å². The third-order valence-corrected chi connectivity index (χ3v) is 8.81. The van der Waals surface area contributed by atoms with Gasteiger partial charge in [0.05, 0.1) is 28.0 Å². The Hall–Kier alpha value is -2.13. The van der Waals surface area contributed by atoms with Gasteiger partial charge in [0.25, 0.3) is 0 Å². The standard InChI is InChI=1S/C27H34Cl2N4O4/c1-32(2)13-6-14-33-23(25(35)30-16-7-4-3-5-8-16)27-12-11-20(37-27)21(22(27)26(33)36)24(34)31-17-9-10-18(28)19(29)15-17/h9-12,15-16,20-23H,3-8,13-14H2,1-2H3,(H,30,35)(H,31,34). The molecule has 2 N–H and O–H groups in total. The van der Waals surface area contributed by atoms with Gasteiger partial charge < -0.3 is 25.2 Å². The van der Waals surface area contributed by atoms with Crippen LogP contribution in [0.1, 0.15) is 38.5 Å². The van der Waals surface area contributed by atoms with Gasteiger partial charge in [0.1, 0.15) is 11.6 Å². The van der Waals surface area contributed by atoms with Gasteiger partial charge in [-0.1, -0.05) is 54.6 Å². The number of benzene rings is 1. The van der Waals surface area contributed by atoms with Crippen LogP contribution in [0.25, 0.3) is 0 Å². The number of halogens is 2. The lowest BCUT2D eigenvalue weighted by Crippen LogP contribution is -2.56. The maximum Gasteiger partial charge on any atom is 0.246 e. The number of hydrogen-bond acceptors (Lipinski definition) is 5. The first-order valence-corrected chi connectivity index (χ1v) is 13.9. The molecule has 5 rings (SSSR count). The third kappa shape index (κ3) is 4.89. The molecule has 1 aliphatic carbocycles. The molecule has 0 aromatic heterocycles. The molecule has 1 saturated carbocycles. The molecule has 37 heavy (non-hydrogen) atoms. The fourth-order valence-electron chi connectivity index (χ4n) is 6.39. The van der Waals surface area contributed by atoms with Crippen LogP contribution in [0, 0.1) is 11.8 Å². The highest BCUT2D eigenvalue weighted by molar-refractivity contribution is 6.42. The van der Waals surface area contributed by atoms with Gasteiger partial charge in [-0.3, -0.25) is 14.4 Å². The van der Waals surface area contributed by atoms with E-state index in [4.69, 9.17) is 27.9 Å². The zero-order valence-electron chi connectivity index (χ0n) is 21.2. The Balaban J connectivity index is 1.41. The second kappa shape index (κ2) is 10.6. The van der Waals surface area contributed by atoms with E-state index >= 15 is 0 Å². The summed E-state index contributed by atoms with van der Waals surface area (Å²) in [4.78, 5) is 44.9. The maximum atomic E-state index is 13.9. The van der Waals surface area contributed by atoms with E-state index in [1.54, 1.807) is 23.1 Å². The maximum absolute atomic E-state index is 13.9. The zero-order chi connectivity index (χ0) is 26.3. The number of anilines is 1. The summed E-state index contributed by atoms with van der Waals surface area (Å²) in [6.45, 7) is 1.19. The highest BCUT2D eigenvalue weighted by Gasteiger charge is 2.72. The van der Waals surface area contributed by atoms with E-state index in [0.29, 0.717) is 28.7 Å². The van der Waals surface area contributed by atoms with E-state index in [2.05, 4.69) is 10.6 Å². The highest BCUT2D eigenvalue weighted by Crippen LogP contribution is 2.55. The van der Waals surface area contributed by atoms with Crippen molar-refractivity contribution in [3.8, 4) is 0 Å². The molecule has 1 spiro atoms. The van der Waals surface area contributed by atoms with Crippen LogP contribution in [0.4, 0.5) is 5.69 Å². The third-order valence-electron chi connectivity index (χ3n) is 8.07. The van der Waals surface area contributed by atoms with Crippen molar-refractivity contribution < 1.29 is 19.1 Å². The molecule has 3 amide bonds. The van der Waals surface area contributed by atoms with Crippen LogP contribution in [-0.4, -0.2) is 78.5 Å². The second-order valence-electron chi connectivity index (χ2n) is 10.9. The number of fused-ring (bicyclic) bond motifs is 1. The normalized spacial score (nSPS) is 30.7. The van der Waals surface area contributed by atoms with Crippen molar-refractivity contribution in [3.05, 3.63) is 40.4 Å². The number of hydrogen-bond donors (Lipinski definition) is 2. The summed E-state index contributed by atoms with van der Waals surface area (Å²) >= 11 is 12.1. The molecule has 3 heterocycles. The molecule has 8 nitrogen and oxygen atoms in total. The van der Waals surface area contributed by atoms with Gasteiger partial charge in [0.2, 0.25) is 17.7 Å². The number of ether oxygens (including phenoxy) is 1. The van der Waals surface area contributed by atoms with Crippen molar-refractivity contribution >= 4 is 46.6 Å². The van der Waals surface area contributed by atoms with Crippen molar-refractivity contribution in [2.45, 2.75) is 62.3 Å². The lowest BCUT2D eigenvalue weighted by molar-refractivity contribution is -0.141. The Morgan fingerprint density at radius 2 is 1.89 bits per heavy atom. The molecular weight excluding hydrogens is 515 g/mol. The van der Waals surface area contributed by atoms with Crippen molar-refractivity contribution in [2.75, 3.05) is 32.5 Å². The van der Waals surface area contributed by atoms with Crippen molar-refractivity contribution in [1.29, 1.82) is 0 Å². The van der Waals surface area contributed by atoms with Crippen LogP contribution >= 0.6 is 23.2 Å². The molecule has 1 aromatic carbocycles. The minimum atomic E-state index is -1.15. The summed E-state index contributed by atoms with van der Waals surface area (Å²) in [5.74, 6) is -2.26. The van der Waals surface area contributed by atoms with Gasteiger partial charge in [-0.05, 0) is 58.1 Å². The van der Waals surface area contributed by atoms with Gasteiger partial charge in [-0.25, -0.2) is 0 Å². The molecular formula is C27H34Cl2N4O4. The molecule has 3 aliphatic heterocycles. The quantitative estimate of drug-likeness (QED) is 0.485. The molecule has 5 atom stereocenters. The number of nitrogens with one attached hydrogen (secondary N) is 2. The van der Waals surface area contributed by atoms with E-state index in [1.165, 1.54) is 6.42 Å². The summed E-state index contributed by atoms with van der Waals surface area (Å²) in [7, 11) is 3.95. The smallest absolute Gasteiger partial charge is 0.246 e. The van der Waals surface area contributed by atoms with E-state index in [1.807, 2.05) is 31.1 Å². The molecule has 2 bridgehead atoms. The molecule has 2 saturated heterocycles. The van der Waals surface area contributed by atoms with Crippen molar-refractivity contribution in [1.82, 2.24) is 15.1 Å². The second-order valence-corrected chi connectivity index (χ2v) is 11.7. The number of amides is 3. The Bertz CT molecular complexity index is 1110. The Kier molecular flexibility index (Phi) is 7.56. The van der Waals surface area contributed by atoms with Crippen LogP contribution in [0.15, 0.2) is 30.4 Å². The predicted molar refractivity (Wildman–Crippen MR) is 143 cm³/mol. The minimum absolute atomic E-state index is 0.103. The molecule has 3 fully saturated rings. The van der Waals surface area contributed by atoms with E-state index < -0.39 is 29.6 Å². The van der Waals surface area contributed by atoms with Gasteiger partial charge in [-0.2, -0.15) is 0 Å². The first kappa shape index (κ1) is 26.5. The molecule has 1 aromatic rings. The summed E-state index contributed by atoms with van der Waals surface area (Å²) in [6, 6.07) is 4.14. The monoisotopic (exact) mass is 548 g/mol. The Morgan fingerprint density at radius 3 is 2.59 bits per heavy atom. The van der Waals surface area contributed by atoms with Gasteiger partial charge in [0.15, 0.2) is 0 Å². The van der Waals surface area contributed by atoms with Gasteiger partial charge in [0, 0.05) is 18.3 Å². The average Bonchev–Trinajstić information content (AvgIpc) is 3.49. The highest BCUT2D eigenvalue weighted by atomic mass is 35.5. The fraction of sp³-hybridized carbons (Fsp3) is 0.593. The lowest BCUT2D eigenvalue weighted by Gasteiger charge is -2.34. The Morgan fingerprint density at radius 1 is 1.14 bits per heavy atom. The van der Waals surface area contributed by atoms with E-state index in [9.17, 15) is 14.4 Å². The van der Waals surface area contributed by atoms with Crippen molar-refractivity contribution in [3.63, 3.8) is 0 Å². The van der Waals surface area contributed by atoms with E-state index in [-0.39, 0.29) is 23.8 Å². The number of likely N-dealkylation sites (tertiary alicyclic amines) is 1. The molecule has 200 valence electrons. The largest absolute Gasteiger partial charge is 0.359 e. The van der Waals surface area contributed by atoms with Crippen LogP contribution in [0.2, 0.25) is 10.0 Å². The molecule has 0 radical (unpaired) electrons. The summed E-state index contributed by atoms with van der Waals surface area (Å²) in [5.41, 5.74) is -0.668. The van der Waals surface area contributed by atoms with Gasteiger partial charge in [-0.15, -0.1) is 0 Å². The van der Waals surface area contributed by atoms with Gasteiger partial charge >= 0.3 is 0 Å². The summed E-state index contributed by atoms with van der Waals surface area (Å²) in [5, 5.41) is 6.79. The molecule has 10 heteroatoms. The van der Waals surface area contributed by atoms with Crippen LogP contribution in [-0.2, 0) is 19.1 Å². The zero-order valence-corrected chi connectivity index (χ0v) is 22.7. The lowest BCUT2D eigenvalue weighted by atomic mass is 9.74. The number of carbonyl (C=O) groups excluding carboxylic acids is 3. The predicted octanol–water partition coefficient (Wildman–Crippen LogP) is 3.48. The topological polar surface area (TPSA) is 91.0 Å². The van der Waals surface area contributed by atoms with Crippen LogP contribution in [0.5, 0.6) is 0 Å². The fourth-order valence-corrected chi connectivity index (χ4v) is 6.69. The Labute approximate surface area is 227 Å². The number of rotatable bonds is 8. The van der Waals surface area contributed by atoms with Crippen LogP contribution in [0.3, 0.4) is 0 Å². The van der Waals surface area contributed by atoms with E-state index in [0.717, 1.165) is 32.2 Å². The molecule has 5 unspecified atom stereocenters.